The third-order valence-electron chi connectivity index (χ3n) is 2.96. The molecule has 0 saturated heterocycles. The van der Waals surface area contributed by atoms with E-state index in [-0.39, 0.29) is 6.10 Å². The summed E-state index contributed by atoms with van der Waals surface area (Å²) in [5.74, 6) is 0.871. The number of aryl methyl sites for hydroxylation is 1. The Morgan fingerprint density at radius 3 is 2.68 bits per heavy atom. The van der Waals surface area contributed by atoms with Crippen LogP contribution < -0.4 is 10.6 Å². The molecule has 2 N–H and O–H groups in total. The molecule has 1 aromatic rings. The van der Waals surface area contributed by atoms with E-state index in [0.717, 1.165) is 24.6 Å². The number of aromatic nitrogens is 1. The summed E-state index contributed by atoms with van der Waals surface area (Å²) in [5, 5.41) is 6.57. The first-order valence-corrected chi connectivity index (χ1v) is 6.64. The number of hydrogen-bond donors (Lipinski definition) is 2. The number of rotatable bonds is 9. The van der Waals surface area contributed by atoms with Crippen LogP contribution in [0.3, 0.4) is 0 Å². The number of hydrogen-bond acceptors (Lipinski definition) is 5. The Morgan fingerprint density at radius 2 is 2.11 bits per heavy atom. The van der Waals surface area contributed by atoms with Gasteiger partial charge in [-0.3, -0.25) is 0 Å². The van der Waals surface area contributed by atoms with Crippen LogP contribution in [0.4, 0.5) is 5.82 Å². The van der Waals surface area contributed by atoms with E-state index < -0.39 is 0 Å². The van der Waals surface area contributed by atoms with Crippen LogP contribution in [0.5, 0.6) is 0 Å². The highest BCUT2D eigenvalue weighted by atomic mass is 16.5. The molecule has 0 fully saturated rings. The van der Waals surface area contributed by atoms with Crippen LogP contribution in [-0.2, 0) is 16.0 Å². The fraction of sp³-hybridized carbons (Fsp3) is 0.643. The van der Waals surface area contributed by atoms with Gasteiger partial charge in [-0.15, -0.1) is 0 Å². The van der Waals surface area contributed by atoms with Crippen molar-refractivity contribution in [3.05, 3.63) is 23.4 Å². The van der Waals surface area contributed by atoms with Gasteiger partial charge in [0, 0.05) is 33.0 Å². The highest BCUT2D eigenvalue weighted by molar-refractivity contribution is 5.38. The van der Waals surface area contributed by atoms with Gasteiger partial charge in [0.25, 0.3) is 0 Å². The molecule has 0 saturated carbocycles. The van der Waals surface area contributed by atoms with Crippen molar-refractivity contribution in [3.63, 3.8) is 0 Å². The standard InChI is InChI=1S/C14H25N3O2/c1-5-15-8-12-6-7-14(17-11(12)2)16-9-13(19-4)10-18-3/h6-7,13,15H,5,8-10H2,1-4H3,(H,16,17). The lowest BCUT2D eigenvalue weighted by atomic mass is 10.2. The minimum atomic E-state index is 0.0357. The van der Waals surface area contributed by atoms with E-state index in [1.807, 2.05) is 13.0 Å². The van der Waals surface area contributed by atoms with Gasteiger partial charge in [-0.05, 0) is 25.1 Å². The number of ether oxygens (including phenoxy) is 2. The van der Waals surface area contributed by atoms with Crippen molar-refractivity contribution in [1.29, 1.82) is 0 Å². The van der Waals surface area contributed by atoms with Gasteiger partial charge in [-0.25, -0.2) is 4.98 Å². The molecule has 108 valence electrons. The van der Waals surface area contributed by atoms with Gasteiger partial charge in [0.05, 0.1) is 12.7 Å². The highest BCUT2D eigenvalue weighted by Crippen LogP contribution is 2.10. The van der Waals surface area contributed by atoms with Gasteiger partial charge in [-0.1, -0.05) is 13.0 Å². The molecule has 1 heterocycles. The predicted octanol–water partition coefficient (Wildman–Crippen LogP) is 1.57. The molecular weight excluding hydrogens is 242 g/mol. The molecule has 0 amide bonds. The van der Waals surface area contributed by atoms with Gasteiger partial charge >= 0.3 is 0 Å². The summed E-state index contributed by atoms with van der Waals surface area (Å²) in [7, 11) is 3.35. The Hall–Kier alpha value is -1.17. The lowest BCUT2D eigenvalue weighted by Crippen LogP contribution is -2.27. The van der Waals surface area contributed by atoms with Crippen LogP contribution in [0.2, 0.25) is 0 Å². The fourth-order valence-electron chi connectivity index (χ4n) is 1.75. The van der Waals surface area contributed by atoms with Crippen LogP contribution >= 0.6 is 0 Å². The molecule has 0 aliphatic carbocycles. The lowest BCUT2D eigenvalue weighted by Gasteiger charge is -2.16. The van der Waals surface area contributed by atoms with E-state index in [0.29, 0.717) is 13.2 Å². The molecule has 0 aromatic carbocycles. The van der Waals surface area contributed by atoms with Gasteiger partial charge in [-0.2, -0.15) is 0 Å². The van der Waals surface area contributed by atoms with Gasteiger partial charge in [0.15, 0.2) is 0 Å². The van der Waals surface area contributed by atoms with Crippen molar-refractivity contribution in [2.24, 2.45) is 0 Å². The molecule has 0 radical (unpaired) electrons. The van der Waals surface area contributed by atoms with Gasteiger partial charge in [0.2, 0.25) is 0 Å². The Bertz CT molecular complexity index is 372. The zero-order chi connectivity index (χ0) is 14.1. The van der Waals surface area contributed by atoms with Crippen molar-refractivity contribution in [2.75, 3.05) is 39.2 Å². The molecule has 1 rings (SSSR count). The summed E-state index contributed by atoms with van der Waals surface area (Å²) in [6.45, 7) is 7.20. The zero-order valence-electron chi connectivity index (χ0n) is 12.3. The van der Waals surface area contributed by atoms with Crippen molar-refractivity contribution in [3.8, 4) is 0 Å². The second-order valence-corrected chi connectivity index (χ2v) is 4.42. The second kappa shape index (κ2) is 8.85. The number of methoxy groups -OCH3 is 2. The van der Waals surface area contributed by atoms with E-state index in [1.165, 1.54) is 5.56 Å². The van der Waals surface area contributed by atoms with Crippen LogP contribution in [-0.4, -0.2) is 45.0 Å². The van der Waals surface area contributed by atoms with Crippen molar-refractivity contribution in [1.82, 2.24) is 10.3 Å². The Morgan fingerprint density at radius 1 is 1.32 bits per heavy atom. The van der Waals surface area contributed by atoms with E-state index in [4.69, 9.17) is 9.47 Å². The lowest BCUT2D eigenvalue weighted by molar-refractivity contribution is 0.0365. The molecule has 5 nitrogen and oxygen atoms in total. The summed E-state index contributed by atoms with van der Waals surface area (Å²) in [5.41, 5.74) is 2.28. The van der Waals surface area contributed by atoms with Crippen LogP contribution in [0.15, 0.2) is 12.1 Å². The summed E-state index contributed by atoms with van der Waals surface area (Å²) in [6.07, 6.45) is 0.0357. The predicted molar refractivity (Wildman–Crippen MR) is 77.5 cm³/mol. The molecule has 19 heavy (non-hydrogen) atoms. The first-order chi connectivity index (χ1) is 9.21. The molecule has 0 aliphatic heterocycles. The fourth-order valence-corrected chi connectivity index (χ4v) is 1.75. The Kier molecular flexibility index (Phi) is 7.40. The first-order valence-electron chi connectivity index (χ1n) is 6.64. The molecular formula is C14H25N3O2. The average Bonchev–Trinajstić information content (AvgIpc) is 2.42. The van der Waals surface area contributed by atoms with Crippen molar-refractivity contribution < 1.29 is 9.47 Å². The third kappa shape index (κ3) is 5.55. The molecule has 1 atom stereocenters. The number of nitrogens with zero attached hydrogens (tertiary/aromatic N) is 1. The highest BCUT2D eigenvalue weighted by Gasteiger charge is 2.07. The Balaban J connectivity index is 2.53. The van der Waals surface area contributed by atoms with Crippen molar-refractivity contribution in [2.45, 2.75) is 26.5 Å². The van der Waals surface area contributed by atoms with Crippen LogP contribution in [0.25, 0.3) is 0 Å². The zero-order valence-corrected chi connectivity index (χ0v) is 12.3. The molecule has 5 heteroatoms. The largest absolute Gasteiger partial charge is 0.382 e. The first kappa shape index (κ1) is 15.9. The van der Waals surface area contributed by atoms with E-state index >= 15 is 0 Å². The normalized spacial score (nSPS) is 12.4. The van der Waals surface area contributed by atoms with Crippen LogP contribution in [0, 0.1) is 6.92 Å². The van der Waals surface area contributed by atoms with E-state index in [1.54, 1.807) is 14.2 Å². The maximum atomic E-state index is 5.29. The summed E-state index contributed by atoms with van der Waals surface area (Å²) >= 11 is 0. The minimum absolute atomic E-state index is 0.0357. The quantitative estimate of drug-likeness (QED) is 0.711. The molecule has 0 aliphatic rings. The summed E-state index contributed by atoms with van der Waals surface area (Å²) < 4.78 is 10.4. The van der Waals surface area contributed by atoms with E-state index in [9.17, 15) is 0 Å². The number of nitrogens with one attached hydrogen (secondary N) is 2. The monoisotopic (exact) mass is 267 g/mol. The SMILES string of the molecule is CCNCc1ccc(NCC(COC)OC)nc1C. The molecule has 1 unspecified atom stereocenters. The second-order valence-electron chi connectivity index (χ2n) is 4.42. The smallest absolute Gasteiger partial charge is 0.126 e. The van der Waals surface area contributed by atoms with E-state index in [2.05, 4.69) is 28.6 Å². The molecule has 1 aromatic heterocycles. The number of anilines is 1. The minimum Gasteiger partial charge on any atom is -0.382 e. The number of pyridine rings is 1. The molecule has 0 bridgehead atoms. The maximum absolute atomic E-state index is 5.29. The summed E-state index contributed by atoms with van der Waals surface area (Å²) in [4.78, 5) is 4.54. The van der Waals surface area contributed by atoms with Crippen molar-refractivity contribution >= 4 is 5.82 Å². The topological polar surface area (TPSA) is 55.4 Å². The third-order valence-corrected chi connectivity index (χ3v) is 2.96. The van der Waals surface area contributed by atoms with Gasteiger partial charge < -0.3 is 20.1 Å². The summed E-state index contributed by atoms with van der Waals surface area (Å²) in [6, 6.07) is 4.10. The maximum Gasteiger partial charge on any atom is 0.126 e. The van der Waals surface area contributed by atoms with Crippen LogP contribution in [0.1, 0.15) is 18.2 Å². The Labute approximate surface area is 115 Å². The van der Waals surface area contributed by atoms with Gasteiger partial charge in [0.1, 0.15) is 5.82 Å². The molecule has 0 spiro atoms. The average molecular weight is 267 g/mol.